The Morgan fingerprint density at radius 3 is 1.96 bits per heavy atom. The summed E-state index contributed by atoms with van der Waals surface area (Å²) in [6.45, 7) is 2.95. The molecule has 5 nitrogen and oxygen atoms in total. The Bertz CT molecular complexity index is 882. The van der Waals surface area contributed by atoms with Crippen LogP contribution in [0.3, 0.4) is 0 Å². The topological polar surface area (TPSA) is 62.5 Å². The zero-order valence-corrected chi connectivity index (χ0v) is 15.7. The van der Waals surface area contributed by atoms with Gasteiger partial charge in [0.1, 0.15) is 0 Å². The lowest BCUT2D eigenvalue weighted by molar-refractivity contribution is 0.0598. The molecule has 0 aliphatic carbocycles. The van der Waals surface area contributed by atoms with E-state index in [-0.39, 0.29) is 11.9 Å². The Morgan fingerprint density at radius 1 is 0.857 bits per heavy atom. The number of nitrogens with two attached hydrogens (primary N) is 1. The van der Waals surface area contributed by atoms with Crippen LogP contribution in [0.15, 0.2) is 79.1 Å². The van der Waals surface area contributed by atoms with Crippen LogP contribution in [0.1, 0.15) is 27.5 Å². The van der Waals surface area contributed by atoms with E-state index in [4.69, 9.17) is 5.73 Å². The van der Waals surface area contributed by atoms with Crippen molar-refractivity contribution < 1.29 is 4.79 Å². The standard InChI is InChI=1S/C23H24N4O/c24-21-11-12-25-17-20(21)23(28)27-15-13-26(14-16-27)22(18-7-3-1-4-8-18)19-9-5-2-6-10-19/h1-12,17,22H,13-16H2,(H2,24,25). The molecule has 2 N–H and O–H groups in total. The Hall–Kier alpha value is -3.18. The first kappa shape index (κ1) is 18.2. The summed E-state index contributed by atoms with van der Waals surface area (Å²) >= 11 is 0. The van der Waals surface area contributed by atoms with Gasteiger partial charge in [0.2, 0.25) is 0 Å². The molecule has 5 heteroatoms. The van der Waals surface area contributed by atoms with E-state index in [2.05, 4.69) is 58.4 Å². The number of hydrogen-bond acceptors (Lipinski definition) is 4. The fraction of sp³-hybridized carbons (Fsp3) is 0.217. The zero-order chi connectivity index (χ0) is 19.3. The van der Waals surface area contributed by atoms with E-state index in [1.54, 1.807) is 18.5 Å². The lowest BCUT2D eigenvalue weighted by atomic mass is 9.96. The molecule has 1 amide bonds. The van der Waals surface area contributed by atoms with E-state index >= 15 is 0 Å². The van der Waals surface area contributed by atoms with Crippen LogP contribution in [0.4, 0.5) is 5.69 Å². The summed E-state index contributed by atoms with van der Waals surface area (Å²) in [5.74, 6) is -0.0405. The second kappa shape index (κ2) is 8.23. The normalized spacial score (nSPS) is 15.0. The summed E-state index contributed by atoms with van der Waals surface area (Å²) < 4.78 is 0. The van der Waals surface area contributed by atoms with Gasteiger partial charge < -0.3 is 10.6 Å². The molecule has 142 valence electrons. The summed E-state index contributed by atoms with van der Waals surface area (Å²) in [5.41, 5.74) is 9.46. The molecule has 0 bridgehead atoms. The number of pyridine rings is 1. The van der Waals surface area contributed by atoms with E-state index < -0.39 is 0 Å². The summed E-state index contributed by atoms with van der Waals surface area (Å²) in [6, 6.07) is 22.9. The van der Waals surface area contributed by atoms with Crippen molar-refractivity contribution in [3.8, 4) is 0 Å². The van der Waals surface area contributed by atoms with Crippen molar-refractivity contribution >= 4 is 11.6 Å². The molecule has 1 aromatic heterocycles. The maximum absolute atomic E-state index is 12.8. The number of amides is 1. The number of benzene rings is 2. The van der Waals surface area contributed by atoms with E-state index in [1.165, 1.54) is 11.1 Å². The Morgan fingerprint density at radius 2 is 1.43 bits per heavy atom. The molecule has 0 unspecified atom stereocenters. The fourth-order valence-corrected chi connectivity index (χ4v) is 3.82. The highest BCUT2D eigenvalue weighted by Gasteiger charge is 2.29. The van der Waals surface area contributed by atoms with Crippen LogP contribution in [0, 0.1) is 0 Å². The predicted octanol–water partition coefficient (Wildman–Crippen LogP) is 3.21. The molecule has 2 aromatic carbocycles. The van der Waals surface area contributed by atoms with Crippen LogP contribution in [0.25, 0.3) is 0 Å². The highest BCUT2D eigenvalue weighted by atomic mass is 16.2. The van der Waals surface area contributed by atoms with Crippen LogP contribution in [0.5, 0.6) is 0 Å². The minimum atomic E-state index is -0.0405. The molecule has 0 saturated carbocycles. The molecule has 0 atom stereocenters. The van der Waals surface area contributed by atoms with Crippen LogP contribution >= 0.6 is 0 Å². The molecule has 1 saturated heterocycles. The molecule has 3 aromatic rings. The number of carbonyl (C=O) groups excluding carboxylic acids is 1. The van der Waals surface area contributed by atoms with Gasteiger partial charge in [-0.15, -0.1) is 0 Å². The summed E-state index contributed by atoms with van der Waals surface area (Å²) in [4.78, 5) is 21.2. The van der Waals surface area contributed by atoms with Gasteiger partial charge in [-0.25, -0.2) is 0 Å². The fourth-order valence-electron chi connectivity index (χ4n) is 3.82. The molecule has 0 radical (unpaired) electrons. The van der Waals surface area contributed by atoms with Gasteiger partial charge in [0, 0.05) is 44.3 Å². The van der Waals surface area contributed by atoms with E-state index in [0.717, 1.165) is 13.1 Å². The molecule has 1 aliphatic rings. The number of piperazine rings is 1. The lowest BCUT2D eigenvalue weighted by Gasteiger charge is -2.39. The zero-order valence-electron chi connectivity index (χ0n) is 15.7. The molecular formula is C23H24N4O. The highest BCUT2D eigenvalue weighted by molar-refractivity contribution is 5.98. The quantitative estimate of drug-likeness (QED) is 0.764. The van der Waals surface area contributed by atoms with Crippen molar-refractivity contribution in [1.82, 2.24) is 14.8 Å². The van der Waals surface area contributed by atoms with Crippen molar-refractivity contribution in [2.75, 3.05) is 31.9 Å². The first-order chi connectivity index (χ1) is 13.7. The Labute approximate surface area is 165 Å². The van der Waals surface area contributed by atoms with Crippen LogP contribution < -0.4 is 5.73 Å². The van der Waals surface area contributed by atoms with Gasteiger partial charge in [0.15, 0.2) is 0 Å². The van der Waals surface area contributed by atoms with Gasteiger partial charge in [-0.1, -0.05) is 60.7 Å². The smallest absolute Gasteiger partial charge is 0.257 e. The third kappa shape index (κ3) is 3.75. The summed E-state index contributed by atoms with van der Waals surface area (Å²) in [7, 11) is 0. The first-order valence-corrected chi connectivity index (χ1v) is 9.57. The number of nitrogen functional groups attached to an aromatic ring is 1. The van der Waals surface area contributed by atoms with Crippen molar-refractivity contribution in [1.29, 1.82) is 0 Å². The van der Waals surface area contributed by atoms with Gasteiger partial charge in [-0.3, -0.25) is 14.7 Å². The SMILES string of the molecule is Nc1ccncc1C(=O)N1CCN(C(c2ccccc2)c2ccccc2)CC1. The van der Waals surface area contributed by atoms with Crippen molar-refractivity contribution in [3.63, 3.8) is 0 Å². The number of carbonyl (C=O) groups is 1. The van der Waals surface area contributed by atoms with Gasteiger partial charge in [0.05, 0.1) is 11.6 Å². The van der Waals surface area contributed by atoms with E-state index in [0.29, 0.717) is 24.3 Å². The number of aromatic nitrogens is 1. The highest BCUT2D eigenvalue weighted by Crippen LogP contribution is 2.29. The number of hydrogen-bond donors (Lipinski definition) is 1. The average molecular weight is 372 g/mol. The molecule has 0 spiro atoms. The maximum atomic E-state index is 12.8. The average Bonchev–Trinajstić information content (AvgIpc) is 2.76. The molecule has 2 heterocycles. The maximum Gasteiger partial charge on any atom is 0.257 e. The Balaban J connectivity index is 1.52. The number of nitrogens with zero attached hydrogens (tertiary/aromatic N) is 3. The van der Waals surface area contributed by atoms with Gasteiger partial charge in [0.25, 0.3) is 5.91 Å². The number of anilines is 1. The lowest BCUT2D eigenvalue weighted by Crippen LogP contribution is -2.50. The van der Waals surface area contributed by atoms with Crippen molar-refractivity contribution in [3.05, 3.63) is 95.8 Å². The van der Waals surface area contributed by atoms with Crippen LogP contribution in [0.2, 0.25) is 0 Å². The minimum Gasteiger partial charge on any atom is -0.398 e. The number of rotatable bonds is 4. The summed E-state index contributed by atoms with van der Waals surface area (Å²) in [5, 5.41) is 0. The molecular weight excluding hydrogens is 348 g/mol. The third-order valence-corrected chi connectivity index (χ3v) is 5.28. The molecule has 1 fully saturated rings. The minimum absolute atomic E-state index is 0.0405. The monoisotopic (exact) mass is 372 g/mol. The second-order valence-electron chi connectivity index (χ2n) is 7.01. The second-order valence-corrected chi connectivity index (χ2v) is 7.01. The summed E-state index contributed by atoms with van der Waals surface area (Å²) in [6.07, 6.45) is 3.16. The predicted molar refractivity (Wildman–Crippen MR) is 111 cm³/mol. The van der Waals surface area contributed by atoms with Gasteiger partial charge in [-0.05, 0) is 17.2 Å². The van der Waals surface area contributed by atoms with Crippen molar-refractivity contribution in [2.24, 2.45) is 0 Å². The van der Waals surface area contributed by atoms with Gasteiger partial charge in [-0.2, -0.15) is 0 Å². The molecule has 28 heavy (non-hydrogen) atoms. The Kier molecular flexibility index (Phi) is 5.35. The van der Waals surface area contributed by atoms with Gasteiger partial charge >= 0.3 is 0 Å². The molecule has 1 aliphatic heterocycles. The largest absolute Gasteiger partial charge is 0.398 e. The van der Waals surface area contributed by atoms with Crippen LogP contribution in [-0.2, 0) is 0 Å². The van der Waals surface area contributed by atoms with E-state index in [1.807, 2.05) is 17.0 Å². The molecule has 4 rings (SSSR count). The van der Waals surface area contributed by atoms with Crippen LogP contribution in [-0.4, -0.2) is 46.9 Å². The van der Waals surface area contributed by atoms with E-state index in [9.17, 15) is 4.79 Å². The first-order valence-electron chi connectivity index (χ1n) is 9.57. The third-order valence-electron chi connectivity index (χ3n) is 5.28. The van der Waals surface area contributed by atoms with Crippen molar-refractivity contribution in [2.45, 2.75) is 6.04 Å².